The first-order valence-electron chi connectivity index (χ1n) is 9.83. The van der Waals surface area contributed by atoms with Gasteiger partial charge in [-0.15, -0.1) is 0 Å². The molecule has 0 fully saturated rings. The van der Waals surface area contributed by atoms with Gasteiger partial charge in [0.15, 0.2) is 11.5 Å². The van der Waals surface area contributed by atoms with Gasteiger partial charge in [-0.05, 0) is 43.3 Å². The lowest BCUT2D eigenvalue weighted by Gasteiger charge is -2.11. The number of methoxy groups -OCH3 is 3. The minimum atomic E-state index is -3.98. The zero-order chi connectivity index (χ0) is 24.0. The highest BCUT2D eigenvalue weighted by Crippen LogP contribution is 2.31. The van der Waals surface area contributed by atoms with E-state index in [9.17, 15) is 13.2 Å². The van der Waals surface area contributed by atoms with Crippen molar-refractivity contribution in [3.8, 4) is 28.6 Å². The van der Waals surface area contributed by atoms with Crippen molar-refractivity contribution in [3.63, 3.8) is 0 Å². The van der Waals surface area contributed by atoms with E-state index in [1.54, 1.807) is 25.1 Å². The number of amides is 1. The van der Waals surface area contributed by atoms with Crippen molar-refractivity contribution >= 4 is 15.9 Å². The van der Waals surface area contributed by atoms with E-state index < -0.39 is 15.9 Å². The number of carbonyl (C=O) groups is 1. The first kappa shape index (κ1) is 24.0. The van der Waals surface area contributed by atoms with E-state index in [1.807, 2.05) is 0 Å². The lowest BCUT2D eigenvalue weighted by Crippen LogP contribution is -2.26. The molecule has 0 radical (unpaired) electrons. The molecule has 1 heterocycles. The second-order valence-corrected chi connectivity index (χ2v) is 8.39. The van der Waals surface area contributed by atoms with Gasteiger partial charge in [-0.25, -0.2) is 13.1 Å². The van der Waals surface area contributed by atoms with Crippen molar-refractivity contribution in [2.75, 3.05) is 27.9 Å². The Morgan fingerprint density at radius 3 is 2.36 bits per heavy atom. The standard InChI is InChI=1S/C21H24N4O7S/c1-5-22-21(26)15-11-14(7-9-16(15)29-2)33(27,28)23-12-19-24-20(25-32-19)13-6-8-17(30-3)18(10-13)31-4/h6-11,23H,5,12H2,1-4H3,(H,22,26). The molecule has 0 aliphatic heterocycles. The lowest BCUT2D eigenvalue weighted by molar-refractivity contribution is 0.0952. The Hall–Kier alpha value is -3.64. The van der Waals surface area contributed by atoms with Gasteiger partial charge in [-0.3, -0.25) is 4.79 Å². The Bertz CT molecular complexity index is 1240. The average molecular weight is 477 g/mol. The van der Waals surface area contributed by atoms with E-state index in [1.165, 1.54) is 39.5 Å². The fourth-order valence-corrected chi connectivity index (χ4v) is 3.95. The van der Waals surface area contributed by atoms with Crippen LogP contribution in [-0.4, -0.2) is 52.3 Å². The fourth-order valence-electron chi connectivity index (χ4n) is 2.95. The van der Waals surface area contributed by atoms with Crippen molar-refractivity contribution in [1.29, 1.82) is 0 Å². The number of rotatable bonds is 10. The molecule has 176 valence electrons. The Labute approximate surface area is 191 Å². The largest absolute Gasteiger partial charge is 0.496 e. The summed E-state index contributed by atoms with van der Waals surface area (Å²) in [5.74, 6) is 1.17. The molecule has 0 spiro atoms. The van der Waals surface area contributed by atoms with Crippen LogP contribution in [0.25, 0.3) is 11.4 Å². The molecule has 0 atom stereocenters. The molecule has 2 N–H and O–H groups in total. The number of benzene rings is 2. The van der Waals surface area contributed by atoms with Gasteiger partial charge in [0.05, 0.1) is 38.3 Å². The monoisotopic (exact) mass is 476 g/mol. The predicted octanol–water partition coefficient (Wildman–Crippen LogP) is 1.99. The maximum Gasteiger partial charge on any atom is 0.255 e. The Morgan fingerprint density at radius 1 is 1.00 bits per heavy atom. The normalized spacial score (nSPS) is 11.2. The topological polar surface area (TPSA) is 142 Å². The van der Waals surface area contributed by atoms with E-state index in [2.05, 4.69) is 20.2 Å². The van der Waals surface area contributed by atoms with Crippen LogP contribution in [0.5, 0.6) is 17.2 Å². The maximum atomic E-state index is 12.8. The minimum absolute atomic E-state index is 0.0563. The SMILES string of the molecule is CCNC(=O)c1cc(S(=O)(=O)NCc2nc(-c3ccc(OC)c(OC)c3)no2)ccc1OC. The first-order valence-corrected chi connectivity index (χ1v) is 11.3. The van der Waals surface area contributed by atoms with Crippen LogP contribution in [0.2, 0.25) is 0 Å². The first-order chi connectivity index (χ1) is 15.8. The highest BCUT2D eigenvalue weighted by atomic mass is 32.2. The molecule has 0 unspecified atom stereocenters. The minimum Gasteiger partial charge on any atom is -0.496 e. The maximum absolute atomic E-state index is 12.8. The molecule has 0 aliphatic carbocycles. The van der Waals surface area contributed by atoms with E-state index >= 15 is 0 Å². The lowest BCUT2D eigenvalue weighted by atomic mass is 10.2. The number of carbonyl (C=O) groups excluding carboxylic acids is 1. The van der Waals surface area contributed by atoms with Crippen LogP contribution >= 0.6 is 0 Å². The summed E-state index contributed by atoms with van der Waals surface area (Å²) in [7, 11) is 0.454. The number of aromatic nitrogens is 2. The Morgan fingerprint density at radius 2 is 1.70 bits per heavy atom. The van der Waals surface area contributed by atoms with Crippen molar-refractivity contribution in [2.45, 2.75) is 18.4 Å². The third kappa shape index (κ3) is 5.41. The molecule has 3 aromatic rings. The fraction of sp³-hybridized carbons (Fsp3) is 0.286. The molecule has 0 saturated carbocycles. The quantitative estimate of drug-likeness (QED) is 0.449. The summed E-state index contributed by atoms with van der Waals surface area (Å²) in [5.41, 5.74) is 0.711. The molecule has 1 aromatic heterocycles. The second kappa shape index (κ2) is 10.3. The predicted molar refractivity (Wildman–Crippen MR) is 118 cm³/mol. The van der Waals surface area contributed by atoms with Crippen molar-refractivity contribution < 1.29 is 31.9 Å². The molecule has 33 heavy (non-hydrogen) atoms. The molecule has 3 rings (SSSR count). The van der Waals surface area contributed by atoms with E-state index in [4.69, 9.17) is 18.7 Å². The number of nitrogens with zero attached hydrogens (tertiary/aromatic N) is 2. The number of nitrogens with one attached hydrogen (secondary N) is 2. The van der Waals surface area contributed by atoms with Crippen LogP contribution < -0.4 is 24.2 Å². The molecular formula is C21H24N4O7S. The van der Waals surface area contributed by atoms with E-state index in [0.29, 0.717) is 23.6 Å². The average Bonchev–Trinajstić information content (AvgIpc) is 3.31. The van der Waals surface area contributed by atoms with E-state index in [-0.39, 0.29) is 34.5 Å². The zero-order valence-corrected chi connectivity index (χ0v) is 19.4. The highest BCUT2D eigenvalue weighted by Gasteiger charge is 2.21. The van der Waals surface area contributed by atoms with Gasteiger partial charge in [0.1, 0.15) is 5.75 Å². The number of hydrogen-bond acceptors (Lipinski definition) is 9. The third-order valence-electron chi connectivity index (χ3n) is 4.59. The number of hydrogen-bond donors (Lipinski definition) is 2. The van der Waals surface area contributed by atoms with Crippen molar-refractivity contribution in [3.05, 3.63) is 47.9 Å². The van der Waals surface area contributed by atoms with Gasteiger partial charge in [-0.2, -0.15) is 4.98 Å². The van der Waals surface area contributed by atoms with Crippen LogP contribution in [0, 0.1) is 0 Å². The highest BCUT2D eigenvalue weighted by molar-refractivity contribution is 7.89. The van der Waals surface area contributed by atoms with Crippen molar-refractivity contribution in [1.82, 2.24) is 20.2 Å². The van der Waals surface area contributed by atoms with Crippen LogP contribution in [0.15, 0.2) is 45.8 Å². The van der Waals surface area contributed by atoms with E-state index in [0.717, 1.165) is 0 Å². The van der Waals surface area contributed by atoms with Crippen LogP contribution in [0.1, 0.15) is 23.2 Å². The van der Waals surface area contributed by atoms with Gasteiger partial charge >= 0.3 is 0 Å². The molecule has 2 aromatic carbocycles. The van der Waals surface area contributed by atoms with Gasteiger partial charge < -0.3 is 24.1 Å². The molecule has 0 aliphatic rings. The molecular weight excluding hydrogens is 452 g/mol. The molecule has 0 bridgehead atoms. The van der Waals surface area contributed by atoms with Crippen LogP contribution in [0.4, 0.5) is 0 Å². The summed E-state index contributed by atoms with van der Waals surface area (Å²) in [5, 5.41) is 6.51. The van der Waals surface area contributed by atoms with Gasteiger partial charge in [0.2, 0.25) is 21.7 Å². The summed E-state index contributed by atoms with van der Waals surface area (Å²) >= 11 is 0. The van der Waals surface area contributed by atoms with Crippen LogP contribution in [0.3, 0.4) is 0 Å². The molecule has 11 nitrogen and oxygen atoms in total. The molecule has 12 heteroatoms. The second-order valence-electron chi connectivity index (χ2n) is 6.63. The van der Waals surface area contributed by atoms with Crippen molar-refractivity contribution in [2.24, 2.45) is 0 Å². The van der Waals surface area contributed by atoms with Gasteiger partial charge in [0, 0.05) is 12.1 Å². The summed E-state index contributed by atoms with van der Waals surface area (Å²) in [6, 6.07) is 9.10. The molecule has 1 amide bonds. The Kier molecular flexibility index (Phi) is 7.51. The molecule has 0 saturated heterocycles. The summed E-state index contributed by atoms with van der Waals surface area (Å²) in [6.45, 7) is 1.90. The number of ether oxygens (including phenoxy) is 3. The third-order valence-corrected chi connectivity index (χ3v) is 5.99. The van der Waals surface area contributed by atoms with Gasteiger partial charge in [-0.1, -0.05) is 5.16 Å². The summed E-state index contributed by atoms with van der Waals surface area (Å²) < 4.78 is 48.7. The summed E-state index contributed by atoms with van der Waals surface area (Å²) in [6.07, 6.45) is 0. The summed E-state index contributed by atoms with van der Waals surface area (Å²) in [4.78, 5) is 16.4. The van der Waals surface area contributed by atoms with Crippen LogP contribution in [-0.2, 0) is 16.6 Å². The zero-order valence-electron chi connectivity index (χ0n) is 18.5. The van der Waals surface area contributed by atoms with Gasteiger partial charge in [0.25, 0.3) is 5.91 Å². The Balaban J connectivity index is 1.77. The number of sulfonamides is 1. The smallest absolute Gasteiger partial charge is 0.255 e.